The molecule has 5 nitrogen and oxygen atoms in total. The molecule has 1 aliphatic heterocycles. The number of fused-ring (bicyclic) bond motifs is 2. The number of aliphatic hydroxyl groups excluding tert-OH is 1. The first-order valence-corrected chi connectivity index (χ1v) is 13.4. The van der Waals surface area contributed by atoms with Crippen molar-refractivity contribution < 1.29 is 5.11 Å². The van der Waals surface area contributed by atoms with Gasteiger partial charge in [-0.15, -0.1) is 0 Å². The Hall–Kier alpha value is -3.54. The lowest BCUT2D eigenvalue weighted by atomic mass is 9.80. The third-order valence-electron chi connectivity index (χ3n) is 8.12. The van der Waals surface area contributed by atoms with Crippen LogP contribution >= 0.6 is 0 Å². The van der Waals surface area contributed by atoms with Gasteiger partial charge >= 0.3 is 0 Å². The van der Waals surface area contributed by atoms with Crippen LogP contribution in [-0.4, -0.2) is 32.8 Å². The van der Waals surface area contributed by atoms with Gasteiger partial charge in [0, 0.05) is 23.5 Å². The molecule has 0 radical (unpaired) electrons. The Bertz CT molecular complexity index is 1540. The lowest BCUT2D eigenvalue weighted by Gasteiger charge is -2.29. The molecule has 5 heteroatoms. The Morgan fingerprint density at radius 1 is 0.865 bits per heavy atom. The lowest BCUT2D eigenvalue weighted by Crippen LogP contribution is -2.32. The van der Waals surface area contributed by atoms with Crippen molar-refractivity contribution in [3.63, 3.8) is 0 Å². The Morgan fingerprint density at radius 2 is 1.68 bits per heavy atom. The summed E-state index contributed by atoms with van der Waals surface area (Å²) < 4.78 is 1.87. The van der Waals surface area contributed by atoms with E-state index in [0.717, 1.165) is 63.2 Å². The summed E-state index contributed by atoms with van der Waals surface area (Å²) in [5, 5.41) is 20.2. The SMILES string of the molecule is C[C@@H]1CCC(c2ccc(-c3cnc4c(-c5ccc(CO)c6ccccc56)cnn4c3)cc2)[C@H](C)CNC1. The molecule has 1 aliphatic rings. The summed E-state index contributed by atoms with van der Waals surface area (Å²) in [7, 11) is 0. The average Bonchev–Trinajstić information content (AvgIpc) is 3.35. The molecule has 0 aliphatic carbocycles. The molecule has 3 heterocycles. The molecule has 3 aromatic carbocycles. The Balaban J connectivity index is 1.31. The minimum atomic E-state index is 0.0195. The van der Waals surface area contributed by atoms with Gasteiger partial charge in [-0.2, -0.15) is 5.10 Å². The molecule has 37 heavy (non-hydrogen) atoms. The first-order valence-electron chi connectivity index (χ1n) is 13.4. The van der Waals surface area contributed by atoms with Crippen molar-refractivity contribution in [2.45, 2.75) is 39.2 Å². The van der Waals surface area contributed by atoms with Gasteiger partial charge in [0.1, 0.15) is 0 Å². The summed E-state index contributed by atoms with van der Waals surface area (Å²) in [5.74, 6) is 1.95. The third kappa shape index (κ3) is 4.54. The summed E-state index contributed by atoms with van der Waals surface area (Å²) in [6.07, 6.45) is 8.42. The molecule has 188 valence electrons. The number of hydrogen-bond acceptors (Lipinski definition) is 4. The Kier molecular flexibility index (Phi) is 6.49. The monoisotopic (exact) mass is 490 g/mol. The molecule has 6 rings (SSSR count). The summed E-state index contributed by atoms with van der Waals surface area (Å²) in [5.41, 5.74) is 7.45. The van der Waals surface area contributed by atoms with Crippen molar-refractivity contribution in [3.8, 4) is 22.3 Å². The van der Waals surface area contributed by atoms with E-state index < -0.39 is 0 Å². The van der Waals surface area contributed by atoms with E-state index in [1.54, 1.807) is 0 Å². The zero-order valence-electron chi connectivity index (χ0n) is 21.6. The number of rotatable bonds is 4. The molecule has 0 spiro atoms. The fourth-order valence-corrected chi connectivity index (χ4v) is 5.92. The number of nitrogens with zero attached hydrogens (tertiary/aromatic N) is 3. The van der Waals surface area contributed by atoms with Crippen LogP contribution in [-0.2, 0) is 6.61 Å². The molecule has 1 unspecified atom stereocenters. The van der Waals surface area contributed by atoms with Crippen LogP contribution in [0, 0.1) is 11.8 Å². The van der Waals surface area contributed by atoms with Crippen LogP contribution < -0.4 is 5.32 Å². The summed E-state index contributed by atoms with van der Waals surface area (Å²) in [6.45, 7) is 6.95. The molecular formula is C32H34N4O. The Morgan fingerprint density at radius 3 is 2.49 bits per heavy atom. The first kappa shape index (κ1) is 23.8. The standard InChI is InChI=1S/C32H34N4O/c1-21-7-13-27(22(2)16-33-15-21)24-10-8-23(9-11-24)26-17-34-32-31(18-35-36(32)19-26)30-14-12-25(20-37)28-5-3-4-6-29(28)30/h3-6,8-12,14,17-19,21-22,27,33,37H,7,13,15-16,20H2,1-2H3/t21-,22-,27?/m1/s1. The molecule has 0 saturated carbocycles. The maximum Gasteiger partial charge on any atom is 0.162 e. The highest BCUT2D eigenvalue weighted by molar-refractivity contribution is 6.01. The average molecular weight is 491 g/mol. The van der Waals surface area contributed by atoms with Crippen molar-refractivity contribution in [2.24, 2.45) is 11.8 Å². The summed E-state index contributed by atoms with van der Waals surface area (Å²) >= 11 is 0. The maximum atomic E-state index is 9.77. The highest BCUT2D eigenvalue weighted by atomic mass is 16.3. The first-order chi connectivity index (χ1) is 18.1. The third-order valence-corrected chi connectivity index (χ3v) is 8.12. The van der Waals surface area contributed by atoms with Crippen LogP contribution in [0.3, 0.4) is 0 Å². The van der Waals surface area contributed by atoms with Gasteiger partial charge in [-0.3, -0.25) is 0 Å². The van der Waals surface area contributed by atoms with E-state index in [2.05, 4.69) is 72.9 Å². The van der Waals surface area contributed by atoms with Crippen LogP contribution in [0.5, 0.6) is 0 Å². The van der Waals surface area contributed by atoms with Crippen molar-refractivity contribution >= 4 is 16.4 Å². The van der Waals surface area contributed by atoms with Crippen molar-refractivity contribution in [1.82, 2.24) is 19.9 Å². The molecule has 5 aromatic rings. The maximum absolute atomic E-state index is 9.77. The van der Waals surface area contributed by atoms with Crippen molar-refractivity contribution in [1.29, 1.82) is 0 Å². The second-order valence-corrected chi connectivity index (χ2v) is 10.7. The van der Waals surface area contributed by atoms with Crippen LogP contribution in [0.4, 0.5) is 0 Å². The quantitative estimate of drug-likeness (QED) is 0.304. The zero-order chi connectivity index (χ0) is 25.4. The van der Waals surface area contributed by atoms with E-state index in [1.807, 2.05) is 35.1 Å². The van der Waals surface area contributed by atoms with Crippen LogP contribution in [0.15, 0.2) is 79.3 Å². The minimum Gasteiger partial charge on any atom is -0.392 e. The van der Waals surface area contributed by atoms with Gasteiger partial charge in [0.25, 0.3) is 0 Å². The molecule has 3 atom stereocenters. The molecular weight excluding hydrogens is 456 g/mol. The van der Waals surface area contributed by atoms with E-state index in [1.165, 1.54) is 18.4 Å². The van der Waals surface area contributed by atoms with Gasteiger partial charge in [-0.1, -0.05) is 74.5 Å². The van der Waals surface area contributed by atoms with Gasteiger partial charge < -0.3 is 10.4 Å². The topological polar surface area (TPSA) is 62.5 Å². The van der Waals surface area contributed by atoms with Gasteiger partial charge in [-0.05, 0) is 76.7 Å². The fourth-order valence-electron chi connectivity index (χ4n) is 5.92. The molecule has 0 bridgehead atoms. The van der Waals surface area contributed by atoms with Gasteiger partial charge in [0.05, 0.1) is 12.8 Å². The minimum absolute atomic E-state index is 0.0195. The second kappa shape index (κ2) is 10.1. The molecule has 1 fully saturated rings. The number of aromatic nitrogens is 3. The van der Waals surface area contributed by atoms with Crippen molar-refractivity contribution in [2.75, 3.05) is 13.1 Å². The van der Waals surface area contributed by atoms with E-state index in [4.69, 9.17) is 4.98 Å². The predicted molar refractivity (Wildman–Crippen MR) is 150 cm³/mol. The van der Waals surface area contributed by atoms with E-state index in [9.17, 15) is 5.11 Å². The van der Waals surface area contributed by atoms with Gasteiger partial charge in [0.2, 0.25) is 0 Å². The molecule has 2 aromatic heterocycles. The molecule has 1 saturated heterocycles. The summed E-state index contributed by atoms with van der Waals surface area (Å²) in [4.78, 5) is 4.84. The highest BCUT2D eigenvalue weighted by Crippen LogP contribution is 2.35. The van der Waals surface area contributed by atoms with Crippen LogP contribution in [0.1, 0.15) is 43.7 Å². The zero-order valence-corrected chi connectivity index (χ0v) is 21.6. The van der Waals surface area contributed by atoms with Crippen LogP contribution in [0.25, 0.3) is 38.7 Å². The number of hydrogen-bond donors (Lipinski definition) is 2. The summed E-state index contributed by atoms with van der Waals surface area (Å²) in [6, 6.07) is 21.3. The van der Waals surface area contributed by atoms with Gasteiger partial charge in [-0.25, -0.2) is 9.50 Å². The van der Waals surface area contributed by atoms with E-state index in [0.29, 0.717) is 11.8 Å². The number of benzene rings is 3. The lowest BCUT2D eigenvalue weighted by molar-refractivity contribution is 0.283. The van der Waals surface area contributed by atoms with Crippen molar-refractivity contribution in [3.05, 3.63) is 90.4 Å². The Labute approximate surface area is 218 Å². The largest absolute Gasteiger partial charge is 0.392 e. The number of nitrogens with one attached hydrogen (secondary N) is 1. The fraction of sp³-hybridized carbons (Fsp3) is 0.312. The van der Waals surface area contributed by atoms with E-state index >= 15 is 0 Å². The smallest absolute Gasteiger partial charge is 0.162 e. The normalized spacial score (nSPS) is 20.7. The second-order valence-electron chi connectivity index (χ2n) is 10.7. The van der Waals surface area contributed by atoms with Gasteiger partial charge in [0.15, 0.2) is 5.65 Å². The van der Waals surface area contributed by atoms with Crippen LogP contribution in [0.2, 0.25) is 0 Å². The molecule has 2 N–H and O–H groups in total. The molecule has 0 amide bonds. The number of aliphatic hydroxyl groups is 1. The predicted octanol–water partition coefficient (Wildman–Crippen LogP) is 6.45. The van der Waals surface area contributed by atoms with E-state index in [-0.39, 0.29) is 6.61 Å². The highest BCUT2D eigenvalue weighted by Gasteiger charge is 2.22.